The van der Waals surface area contributed by atoms with Crippen molar-refractivity contribution in [3.05, 3.63) is 35.9 Å². The van der Waals surface area contributed by atoms with Gasteiger partial charge in [-0.1, -0.05) is 30.3 Å². The average Bonchev–Trinajstić information content (AvgIpc) is 2.94. The highest BCUT2D eigenvalue weighted by Gasteiger charge is 2.30. The van der Waals surface area contributed by atoms with Gasteiger partial charge in [-0.25, -0.2) is 0 Å². The van der Waals surface area contributed by atoms with Gasteiger partial charge in [-0.05, 0) is 18.4 Å². The molecule has 108 valence electrons. The van der Waals surface area contributed by atoms with Crippen molar-refractivity contribution in [2.24, 2.45) is 5.92 Å². The van der Waals surface area contributed by atoms with Crippen LogP contribution < -0.4 is 0 Å². The first-order valence-corrected chi connectivity index (χ1v) is 6.79. The van der Waals surface area contributed by atoms with Crippen LogP contribution in [0.5, 0.6) is 0 Å². The molecule has 0 spiro atoms. The molecule has 1 aliphatic rings. The number of nitrogens with zero attached hydrogens (tertiary/aromatic N) is 1. The number of likely N-dealkylation sites (tertiary alicyclic amines) is 1. The fourth-order valence-electron chi connectivity index (χ4n) is 2.27. The second kappa shape index (κ2) is 7.05. The molecule has 1 aliphatic heterocycles. The van der Waals surface area contributed by atoms with Crippen LogP contribution in [0.3, 0.4) is 0 Å². The van der Waals surface area contributed by atoms with E-state index in [0.29, 0.717) is 26.1 Å². The van der Waals surface area contributed by atoms with Crippen LogP contribution in [0.2, 0.25) is 0 Å². The van der Waals surface area contributed by atoms with Gasteiger partial charge in [0.05, 0.1) is 12.5 Å². The number of benzene rings is 1. The second-order valence-electron chi connectivity index (χ2n) is 4.95. The fraction of sp³-hybridized carbons (Fsp3) is 0.467. The number of hydrogen-bond donors (Lipinski definition) is 1. The summed E-state index contributed by atoms with van der Waals surface area (Å²) in [5.41, 5.74) is 1.17. The number of amides is 1. The molecule has 0 saturated carbocycles. The predicted octanol–water partition coefficient (Wildman–Crippen LogP) is 1.18. The van der Waals surface area contributed by atoms with E-state index in [1.165, 1.54) is 5.56 Å². The molecule has 0 unspecified atom stereocenters. The summed E-state index contributed by atoms with van der Waals surface area (Å²) in [6.07, 6.45) is 1.30. The summed E-state index contributed by atoms with van der Waals surface area (Å²) >= 11 is 0. The van der Waals surface area contributed by atoms with Crippen LogP contribution in [0.4, 0.5) is 0 Å². The fourth-order valence-corrected chi connectivity index (χ4v) is 2.27. The maximum Gasteiger partial charge on any atom is 0.308 e. The first-order valence-electron chi connectivity index (χ1n) is 6.79. The number of carboxylic acids is 1. The van der Waals surface area contributed by atoms with Crippen LogP contribution in [0.1, 0.15) is 12.0 Å². The van der Waals surface area contributed by atoms with Crippen LogP contribution in [-0.2, 0) is 20.7 Å². The van der Waals surface area contributed by atoms with E-state index in [1.807, 2.05) is 30.3 Å². The third-order valence-electron chi connectivity index (χ3n) is 3.49. The van der Waals surface area contributed by atoms with Crippen molar-refractivity contribution in [2.45, 2.75) is 12.8 Å². The lowest BCUT2D eigenvalue weighted by Gasteiger charge is -2.15. The highest BCUT2D eigenvalue weighted by Crippen LogP contribution is 2.16. The van der Waals surface area contributed by atoms with E-state index in [2.05, 4.69) is 0 Å². The summed E-state index contributed by atoms with van der Waals surface area (Å²) < 4.78 is 5.37. The van der Waals surface area contributed by atoms with Gasteiger partial charge in [-0.15, -0.1) is 0 Å². The minimum absolute atomic E-state index is 0.0270. The maximum absolute atomic E-state index is 11.8. The van der Waals surface area contributed by atoms with E-state index in [1.54, 1.807) is 4.90 Å². The Morgan fingerprint density at radius 1 is 1.30 bits per heavy atom. The first kappa shape index (κ1) is 14.5. The molecule has 0 aliphatic carbocycles. The second-order valence-corrected chi connectivity index (χ2v) is 4.95. The Bertz CT molecular complexity index is 460. The summed E-state index contributed by atoms with van der Waals surface area (Å²) in [4.78, 5) is 24.2. The highest BCUT2D eigenvalue weighted by atomic mass is 16.5. The Morgan fingerprint density at radius 2 is 2.05 bits per heavy atom. The standard InChI is InChI=1S/C15H19NO4/c17-14(16-8-6-13(10-16)15(18)19)11-20-9-7-12-4-2-1-3-5-12/h1-5,13H,6-11H2,(H,18,19)/t13-/m0/s1. The molecule has 1 fully saturated rings. The molecule has 0 aromatic heterocycles. The zero-order valence-electron chi connectivity index (χ0n) is 11.3. The van der Waals surface area contributed by atoms with E-state index < -0.39 is 11.9 Å². The van der Waals surface area contributed by atoms with E-state index in [-0.39, 0.29) is 12.5 Å². The van der Waals surface area contributed by atoms with Crippen molar-refractivity contribution >= 4 is 11.9 Å². The summed E-state index contributed by atoms with van der Waals surface area (Å²) in [6, 6.07) is 9.93. The van der Waals surface area contributed by atoms with Crippen LogP contribution in [0.15, 0.2) is 30.3 Å². The number of hydrogen-bond acceptors (Lipinski definition) is 3. The van der Waals surface area contributed by atoms with Crippen LogP contribution in [0.25, 0.3) is 0 Å². The lowest BCUT2D eigenvalue weighted by atomic mass is 10.1. The van der Waals surface area contributed by atoms with Gasteiger partial charge in [0.1, 0.15) is 6.61 Å². The van der Waals surface area contributed by atoms with Gasteiger partial charge in [0.25, 0.3) is 0 Å². The minimum Gasteiger partial charge on any atom is -0.481 e. The van der Waals surface area contributed by atoms with E-state index in [4.69, 9.17) is 9.84 Å². The van der Waals surface area contributed by atoms with Crippen molar-refractivity contribution < 1.29 is 19.4 Å². The quantitative estimate of drug-likeness (QED) is 0.793. The van der Waals surface area contributed by atoms with Crippen LogP contribution in [0, 0.1) is 5.92 Å². The molecule has 5 nitrogen and oxygen atoms in total. The Kier molecular flexibility index (Phi) is 5.12. The van der Waals surface area contributed by atoms with Crippen molar-refractivity contribution in [1.82, 2.24) is 4.90 Å². The molecular formula is C15H19NO4. The molecule has 0 radical (unpaired) electrons. The predicted molar refractivity (Wildman–Crippen MR) is 73.3 cm³/mol. The highest BCUT2D eigenvalue weighted by molar-refractivity contribution is 5.79. The summed E-state index contributed by atoms with van der Waals surface area (Å²) in [5, 5.41) is 8.88. The Morgan fingerprint density at radius 3 is 2.70 bits per heavy atom. The zero-order valence-corrected chi connectivity index (χ0v) is 11.3. The van der Waals surface area contributed by atoms with Gasteiger partial charge in [-0.3, -0.25) is 9.59 Å². The van der Waals surface area contributed by atoms with E-state index in [0.717, 1.165) is 6.42 Å². The Labute approximate surface area is 118 Å². The summed E-state index contributed by atoms with van der Waals surface area (Å²) in [6.45, 7) is 1.33. The van der Waals surface area contributed by atoms with Crippen LogP contribution in [-0.4, -0.2) is 48.2 Å². The number of aliphatic carboxylic acids is 1. The molecule has 5 heteroatoms. The maximum atomic E-state index is 11.8. The van der Waals surface area contributed by atoms with Gasteiger partial charge in [0, 0.05) is 13.1 Å². The van der Waals surface area contributed by atoms with Gasteiger partial charge in [0.2, 0.25) is 5.91 Å². The zero-order chi connectivity index (χ0) is 14.4. The van der Waals surface area contributed by atoms with Gasteiger partial charge in [-0.2, -0.15) is 0 Å². The molecule has 1 amide bonds. The number of carboxylic acid groups (broad SMARTS) is 1. The lowest BCUT2D eigenvalue weighted by Crippen LogP contribution is -2.33. The third-order valence-corrected chi connectivity index (χ3v) is 3.49. The van der Waals surface area contributed by atoms with Gasteiger partial charge >= 0.3 is 5.97 Å². The molecule has 1 saturated heterocycles. The summed E-state index contributed by atoms with van der Waals surface area (Å²) in [5.74, 6) is -1.38. The average molecular weight is 277 g/mol. The molecular weight excluding hydrogens is 258 g/mol. The topological polar surface area (TPSA) is 66.8 Å². The number of ether oxygens (including phenoxy) is 1. The molecule has 20 heavy (non-hydrogen) atoms. The Hall–Kier alpha value is -1.88. The van der Waals surface area contributed by atoms with Gasteiger partial charge in [0.15, 0.2) is 0 Å². The van der Waals surface area contributed by atoms with Crippen molar-refractivity contribution in [2.75, 3.05) is 26.3 Å². The molecule has 1 aromatic carbocycles. The molecule has 1 N–H and O–H groups in total. The molecule has 1 heterocycles. The van der Waals surface area contributed by atoms with Crippen molar-refractivity contribution in [3.63, 3.8) is 0 Å². The SMILES string of the molecule is O=C(O)[C@H]1CCN(C(=O)COCCc2ccccc2)C1. The van der Waals surface area contributed by atoms with E-state index in [9.17, 15) is 9.59 Å². The van der Waals surface area contributed by atoms with Crippen molar-refractivity contribution in [1.29, 1.82) is 0 Å². The first-order chi connectivity index (χ1) is 9.66. The molecule has 1 aromatic rings. The number of rotatable bonds is 6. The van der Waals surface area contributed by atoms with E-state index >= 15 is 0 Å². The normalized spacial score (nSPS) is 18.2. The summed E-state index contributed by atoms with van der Waals surface area (Å²) in [7, 11) is 0. The van der Waals surface area contributed by atoms with Gasteiger partial charge < -0.3 is 14.7 Å². The third kappa shape index (κ3) is 4.06. The molecule has 1 atom stereocenters. The number of carbonyl (C=O) groups is 2. The monoisotopic (exact) mass is 277 g/mol. The lowest BCUT2D eigenvalue weighted by molar-refractivity contribution is -0.141. The molecule has 0 bridgehead atoms. The smallest absolute Gasteiger partial charge is 0.308 e. The molecule has 2 rings (SSSR count). The van der Waals surface area contributed by atoms with Crippen molar-refractivity contribution in [3.8, 4) is 0 Å². The Balaban J connectivity index is 1.65. The van der Waals surface area contributed by atoms with Crippen LogP contribution >= 0.6 is 0 Å². The largest absolute Gasteiger partial charge is 0.481 e. The minimum atomic E-state index is -0.828. The number of carbonyl (C=O) groups excluding carboxylic acids is 1.